The smallest absolute Gasteiger partial charge is 0.222 e. The van der Waals surface area contributed by atoms with Crippen molar-refractivity contribution >= 4 is 11.9 Å². The number of guanidine groups is 1. The number of hydrogen-bond acceptors (Lipinski definition) is 2. The number of rotatable bonds is 2. The Bertz CT molecular complexity index is 355. The molecule has 2 heterocycles. The van der Waals surface area contributed by atoms with E-state index < -0.39 is 0 Å². The molecule has 2 N–H and O–H groups in total. The minimum atomic E-state index is 0.233. The zero-order valence-electron chi connectivity index (χ0n) is 12.1. The van der Waals surface area contributed by atoms with Crippen LogP contribution in [0.1, 0.15) is 32.6 Å². The zero-order valence-corrected chi connectivity index (χ0v) is 12.1. The van der Waals surface area contributed by atoms with Gasteiger partial charge >= 0.3 is 0 Å². The highest BCUT2D eigenvalue weighted by Crippen LogP contribution is 2.18. The highest BCUT2D eigenvalue weighted by molar-refractivity contribution is 5.78. The second kappa shape index (κ2) is 6.26. The molecular weight excluding hydrogens is 240 g/mol. The van der Waals surface area contributed by atoms with Crippen molar-refractivity contribution < 1.29 is 4.79 Å². The quantitative estimate of drug-likeness (QED) is 0.597. The minimum Gasteiger partial charge on any atom is -0.370 e. The Labute approximate surface area is 115 Å². The van der Waals surface area contributed by atoms with Crippen molar-refractivity contribution in [1.29, 1.82) is 0 Å². The van der Waals surface area contributed by atoms with Crippen molar-refractivity contribution in [1.82, 2.24) is 9.80 Å². The number of amides is 1. The van der Waals surface area contributed by atoms with Gasteiger partial charge in [-0.15, -0.1) is 0 Å². The maximum atomic E-state index is 11.6. The summed E-state index contributed by atoms with van der Waals surface area (Å²) < 4.78 is 0. The summed E-state index contributed by atoms with van der Waals surface area (Å²) in [6, 6.07) is 0. The van der Waals surface area contributed by atoms with Crippen LogP contribution in [-0.4, -0.2) is 54.9 Å². The first kappa shape index (κ1) is 14.2. The predicted molar refractivity (Wildman–Crippen MR) is 76.8 cm³/mol. The fourth-order valence-electron chi connectivity index (χ4n) is 2.88. The van der Waals surface area contributed by atoms with Crippen molar-refractivity contribution in [3.8, 4) is 0 Å². The Balaban J connectivity index is 1.82. The summed E-state index contributed by atoms with van der Waals surface area (Å²) in [5, 5.41) is 0. The van der Waals surface area contributed by atoms with E-state index in [1.807, 2.05) is 7.05 Å². The largest absolute Gasteiger partial charge is 0.370 e. The number of nitrogens with two attached hydrogens (primary N) is 1. The van der Waals surface area contributed by atoms with E-state index in [1.54, 1.807) is 4.90 Å². The molecule has 2 unspecified atom stereocenters. The van der Waals surface area contributed by atoms with Crippen LogP contribution in [0.25, 0.3) is 0 Å². The maximum absolute atomic E-state index is 11.6. The zero-order chi connectivity index (χ0) is 13.8. The van der Waals surface area contributed by atoms with Crippen LogP contribution < -0.4 is 5.73 Å². The fourth-order valence-corrected chi connectivity index (χ4v) is 2.88. The lowest BCUT2D eigenvalue weighted by Crippen LogP contribution is -2.44. The average molecular weight is 266 g/mol. The van der Waals surface area contributed by atoms with Crippen LogP contribution >= 0.6 is 0 Å². The molecule has 0 aromatic rings. The predicted octanol–water partition coefficient (Wildman–Crippen LogP) is 0.901. The number of hydrogen-bond donors (Lipinski definition) is 1. The number of carbonyl (C=O) groups is 1. The van der Waals surface area contributed by atoms with Gasteiger partial charge in [0.25, 0.3) is 0 Å². The van der Waals surface area contributed by atoms with E-state index in [0.717, 1.165) is 26.1 Å². The molecule has 2 aliphatic rings. The van der Waals surface area contributed by atoms with Gasteiger partial charge in [0.1, 0.15) is 0 Å². The van der Waals surface area contributed by atoms with Crippen molar-refractivity contribution in [2.24, 2.45) is 22.6 Å². The van der Waals surface area contributed by atoms with E-state index in [4.69, 9.17) is 5.73 Å². The highest BCUT2D eigenvalue weighted by Gasteiger charge is 2.23. The van der Waals surface area contributed by atoms with E-state index >= 15 is 0 Å². The van der Waals surface area contributed by atoms with Gasteiger partial charge in [-0.1, -0.05) is 6.92 Å². The molecular formula is C14H26N4O. The second-order valence-electron chi connectivity index (χ2n) is 6.07. The lowest BCUT2D eigenvalue weighted by Gasteiger charge is -2.32. The first-order valence-electron chi connectivity index (χ1n) is 7.35. The molecule has 0 saturated carbocycles. The molecule has 0 aromatic carbocycles. The molecule has 0 spiro atoms. The lowest BCUT2D eigenvalue weighted by atomic mass is 9.97. The first-order valence-corrected chi connectivity index (χ1v) is 7.35. The Morgan fingerprint density at radius 3 is 2.89 bits per heavy atom. The van der Waals surface area contributed by atoms with Crippen LogP contribution in [-0.2, 0) is 4.79 Å². The van der Waals surface area contributed by atoms with Crippen LogP contribution in [0.5, 0.6) is 0 Å². The van der Waals surface area contributed by atoms with Crippen molar-refractivity contribution in [2.75, 3.05) is 33.2 Å². The number of aliphatic imine (C=N–C) groups is 1. The molecule has 0 aromatic heterocycles. The second-order valence-corrected chi connectivity index (χ2v) is 6.07. The summed E-state index contributed by atoms with van der Waals surface area (Å²) in [6.45, 7) is 5.83. The van der Waals surface area contributed by atoms with Crippen molar-refractivity contribution in [3.63, 3.8) is 0 Å². The molecule has 1 amide bonds. The SMILES string of the molecule is CC1CCCN(C(N)=NCC2CCN(C)C(=O)C2)C1. The molecule has 0 bridgehead atoms. The molecule has 0 aliphatic carbocycles. The molecule has 108 valence electrons. The molecule has 2 rings (SSSR count). The third-order valence-corrected chi connectivity index (χ3v) is 4.25. The van der Waals surface area contributed by atoms with Crippen LogP contribution in [0.15, 0.2) is 4.99 Å². The standard InChI is InChI=1S/C14H26N4O/c1-11-4-3-6-18(10-11)14(15)16-9-12-5-7-17(2)13(19)8-12/h11-12H,3-10H2,1-2H3,(H2,15,16). The van der Waals surface area contributed by atoms with Gasteiger partial charge in [-0.2, -0.15) is 0 Å². The van der Waals surface area contributed by atoms with Crippen LogP contribution in [0.4, 0.5) is 0 Å². The third-order valence-electron chi connectivity index (χ3n) is 4.25. The van der Waals surface area contributed by atoms with E-state index in [2.05, 4.69) is 16.8 Å². The minimum absolute atomic E-state index is 0.233. The molecule has 5 heteroatoms. The average Bonchev–Trinajstić information content (AvgIpc) is 2.40. The highest BCUT2D eigenvalue weighted by atomic mass is 16.2. The maximum Gasteiger partial charge on any atom is 0.222 e. The molecule has 2 saturated heterocycles. The number of carbonyl (C=O) groups excluding carboxylic acids is 1. The van der Waals surface area contributed by atoms with Gasteiger partial charge < -0.3 is 15.5 Å². The van der Waals surface area contributed by atoms with E-state index in [1.165, 1.54) is 12.8 Å². The van der Waals surface area contributed by atoms with Crippen LogP contribution in [0.2, 0.25) is 0 Å². The monoisotopic (exact) mass is 266 g/mol. The lowest BCUT2D eigenvalue weighted by molar-refractivity contribution is -0.133. The Hall–Kier alpha value is -1.26. The van der Waals surface area contributed by atoms with Gasteiger partial charge in [-0.05, 0) is 31.1 Å². The Kier molecular flexibility index (Phi) is 4.66. The van der Waals surface area contributed by atoms with Gasteiger partial charge in [-0.3, -0.25) is 9.79 Å². The van der Waals surface area contributed by atoms with Gasteiger partial charge in [0.2, 0.25) is 5.91 Å². The van der Waals surface area contributed by atoms with E-state index in [0.29, 0.717) is 30.8 Å². The normalized spacial score (nSPS) is 29.8. The van der Waals surface area contributed by atoms with Crippen molar-refractivity contribution in [3.05, 3.63) is 0 Å². The summed E-state index contributed by atoms with van der Waals surface area (Å²) in [5.41, 5.74) is 6.07. The Morgan fingerprint density at radius 1 is 1.42 bits per heavy atom. The summed E-state index contributed by atoms with van der Waals surface area (Å²) in [4.78, 5) is 20.1. The van der Waals surface area contributed by atoms with Gasteiger partial charge in [0, 0.05) is 39.6 Å². The summed E-state index contributed by atoms with van der Waals surface area (Å²) in [5.74, 6) is 1.96. The van der Waals surface area contributed by atoms with Gasteiger partial charge in [0.05, 0.1) is 0 Å². The third kappa shape index (κ3) is 3.85. The molecule has 19 heavy (non-hydrogen) atoms. The molecule has 5 nitrogen and oxygen atoms in total. The van der Waals surface area contributed by atoms with Crippen molar-refractivity contribution in [2.45, 2.75) is 32.6 Å². The van der Waals surface area contributed by atoms with E-state index in [-0.39, 0.29) is 5.91 Å². The van der Waals surface area contributed by atoms with Crippen LogP contribution in [0, 0.1) is 11.8 Å². The van der Waals surface area contributed by atoms with Gasteiger partial charge in [0.15, 0.2) is 5.96 Å². The number of nitrogens with zero attached hydrogens (tertiary/aromatic N) is 3. The van der Waals surface area contributed by atoms with Gasteiger partial charge in [-0.25, -0.2) is 0 Å². The number of likely N-dealkylation sites (tertiary alicyclic amines) is 2. The number of piperidine rings is 2. The van der Waals surface area contributed by atoms with E-state index in [9.17, 15) is 4.79 Å². The first-order chi connectivity index (χ1) is 9.06. The fraction of sp³-hybridized carbons (Fsp3) is 0.857. The summed E-state index contributed by atoms with van der Waals surface area (Å²) in [6.07, 6.45) is 4.14. The summed E-state index contributed by atoms with van der Waals surface area (Å²) >= 11 is 0. The molecule has 2 aliphatic heterocycles. The van der Waals surface area contributed by atoms with Crippen LogP contribution in [0.3, 0.4) is 0 Å². The molecule has 2 atom stereocenters. The summed E-state index contributed by atoms with van der Waals surface area (Å²) in [7, 11) is 1.87. The topological polar surface area (TPSA) is 61.9 Å². The molecule has 2 fully saturated rings. The Morgan fingerprint density at radius 2 is 2.21 bits per heavy atom. The molecule has 0 radical (unpaired) electrons.